The molecule has 0 aliphatic carbocycles. The second kappa shape index (κ2) is 9.50. The second-order valence-corrected chi connectivity index (χ2v) is 8.59. The van der Waals surface area contributed by atoms with Crippen LogP contribution in [0.4, 0.5) is 5.69 Å². The summed E-state index contributed by atoms with van der Waals surface area (Å²) < 4.78 is 5.75. The zero-order valence-corrected chi connectivity index (χ0v) is 19.0. The number of rotatable bonds is 4. The van der Waals surface area contributed by atoms with Crippen molar-refractivity contribution in [3.63, 3.8) is 0 Å². The highest BCUT2D eigenvalue weighted by molar-refractivity contribution is 5.99. The van der Waals surface area contributed by atoms with Crippen LogP contribution >= 0.6 is 0 Å². The van der Waals surface area contributed by atoms with Crippen LogP contribution in [0.15, 0.2) is 72.8 Å². The number of anilines is 1. The fourth-order valence-electron chi connectivity index (χ4n) is 4.40. The number of hydrogen-bond acceptors (Lipinski definition) is 5. The number of nitrogens with zero attached hydrogens (tertiary/aromatic N) is 2. The third-order valence-electron chi connectivity index (χ3n) is 6.31. The summed E-state index contributed by atoms with van der Waals surface area (Å²) in [5.41, 5.74) is 2.23. The van der Waals surface area contributed by atoms with Crippen molar-refractivity contribution < 1.29 is 24.2 Å². The number of carbonyl (C=O) groups is 3. The van der Waals surface area contributed by atoms with E-state index in [1.165, 1.54) is 6.07 Å². The molecule has 0 saturated carbocycles. The highest BCUT2D eigenvalue weighted by atomic mass is 16.5. The lowest BCUT2D eigenvalue weighted by molar-refractivity contribution is -0.122. The van der Waals surface area contributed by atoms with Gasteiger partial charge in [-0.05, 0) is 42.0 Å². The first-order valence-corrected chi connectivity index (χ1v) is 11.5. The van der Waals surface area contributed by atoms with Gasteiger partial charge in [0.1, 0.15) is 11.5 Å². The molecule has 1 saturated heterocycles. The number of carbonyl (C=O) groups excluding carboxylic acids is 3. The van der Waals surface area contributed by atoms with E-state index in [4.69, 9.17) is 4.74 Å². The third kappa shape index (κ3) is 4.68. The third-order valence-corrected chi connectivity index (χ3v) is 6.31. The number of phenols is 1. The number of phenolic OH excluding ortho intramolecular Hbond substituents is 1. The molecule has 1 fully saturated rings. The van der Waals surface area contributed by atoms with E-state index in [0.717, 1.165) is 11.3 Å². The fraction of sp³-hybridized carbons (Fsp3) is 0.222. The second-order valence-electron chi connectivity index (χ2n) is 8.59. The SMILES string of the molecule is O=C(Nc1cccc(C(=O)N2CCN(C(=O)c3ccccc3O)CC2)c1)C1Cc2ccccc2O1. The monoisotopic (exact) mass is 471 g/mol. The average molecular weight is 472 g/mol. The molecule has 35 heavy (non-hydrogen) atoms. The van der Waals surface area contributed by atoms with E-state index < -0.39 is 6.10 Å². The maximum absolute atomic E-state index is 13.1. The maximum Gasteiger partial charge on any atom is 0.265 e. The number of hydrogen-bond donors (Lipinski definition) is 2. The van der Waals surface area contributed by atoms with Crippen LogP contribution in [0, 0.1) is 0 Å². The minimum Gasteiger partial charge on any atom is -0.507 e. The van der Waals surface area contributed by atoms with E-state index in [2.05, 4.69) is 5.32 Å². The Bertz CT molecular complexity index is 1260. The van der Waals surface area contributed by atoms with Gasteiger partial charge in [-0.25, -0.2) is 0 Å². The van der Waals surface area contributed by atoms with Crippen LogP contribution in [0.1, 0.15) is 26.3 Å². The molecule has 8 heteroatoms. The number of nitrogens with one attached hydrogen (secondary N) is 1. The normalized spacial score (nSPS) is 16.9. The van der Waals surface area contributed by atoms with Gasteiger partial charge in [0.05, 0.1) is 5.56 Å². The van der Waals surface area contributed by atoms with Crippen molar-refractivity contribution in [3.05, 3.63) is 89.5 Å². The first-order valence-electron chi connectivity index (χ1n) is 11.5. The lowest BCUT2D eigenvalue weighted by atomic mass is 10.1. The molecule has 0 radical (unpaired) electrons. The van der Waals surface area contributed by atoms with Crippen LogP contribution < -0.4 is 10.1 Å². The van der Waals surface area contributed by atoms with Crippen molar-refractivity contribution >= 4 is 23.4 Å². The van der Waals surface area contributed by atoms with Gasteiger partial charge in [-0.2, -0.15) is 0 Å². The molecule has 3 amide bonds. The lowest BCUT2D eigenvalue weighted by Crippen LogP contribution is -2.50. The molecule has 178 valence electrons. The van der Waals surface area contributed by atoms with E-state index in [9.17, 15) is 19.5 Å². The molecule has 5 rings (SSSR count). The van der Waals surface area contributed by atoms with Gasteiger partial charge in [0, 0.05) is 43.9 Å². The Kier molecular flexibility index (Phi) is 6.10. The molecular weight excluding hydrogens is 446 g/mol. The molecule has 3 aromatic rings. The summed E-state index contributed by atoms with van der Waals surface area (Å²) in [5, 5.41) is 12.8. The summed E-state index contributed by atoms with van der Waals surface area (Å²) in [7, 11) is 0. The molecule has 0 bridgehead atoms. The van der Waals surface area contributed by atoms with Crippen LogP contribution in [0.2, 0.25) is 0 Å². The summed E-state index contributed by atoms with van der Waals surface area (Å²) in [5.74, 6) is -0.0167. The van der Waals surface area contributed by atoms with E-state index >= 15 is 0 Å². The Balaban J connectivity index is 1.19. The van der Waals surface area contributed by atoms with Crippen molar-refractivity contribution in [2.24, 2.45) is 0 Å². The van der Waals surface area contributed by atoms with Crippen LogP contribution in [-0.4, -0.2) is 64.9 Å². The molecule has 0 aromatic heterocycles. The molecule has 8 nitrogen and oxygen atoms in total. The van der Waals surface area contributed by atoms with Crippen LogP contribution in [0.3, 0.4) is 0 Å². The summed E-state index contributed by atoms with van der Waals surface area (Å²) in [6.45, 7) is 1.50. The largest absolute Gasteiger partial charge is 0.507 e. The summed E-state index contributed by atoms with van der Waals surface area (Å²) in [4.78, 5) is 41.8. The Hall–Kier alpha value is -4.33. The van der Waals surface area contributed by atoms with Crippen LogP contribution in [0.25, 0.3) is 0 Å². The number of fused-ring (bicyclic) bond motifs is 1. The van der Waals surface area contributed by atoms with E-state index in [1.807, 2.05) is 24.3 Å². The van der Waals surface area contributed by atoms with Gasteiger partial charge in [0.15, 0.2) is 6.10 Å². The lowest BCUT2D eigenvalue weighted by Gasteiger charge is -2.35. The van der Waals surface area contributed by atoms with E-state index in [-0.39, 0.29) is 29.0 Å². The van der Waals surface area contributed by atoms with Gasteiger partial charge in [-0.3, -0.25) is 14.4 Å². The van der Waals surface area contributed by atoms with Crippen LogP contribution in [-0.2, 0) is 11.2 Å². The highest BCUT2D eigenvalue weighted by Gasteiger charge is 2.29. The summed E-state index contributed by atoms with van der Waals surface area (Å²) in [6, 6.07) is 20.8. The van der Waals surface area contributed by atoms with E-state index in [1.54, 1.807) is 52.3 Å². The summed E-state index contributed by atoms with van der Waals surface area (Å²) in [6.07, 6.45) is -0.105. The Morgan fingerprint density at radius 2 is 1.51 bits per heavy atom. The fourth-order valence-corrected chi connectivity index (χ4v) is 4.40. The predicted octanol–water partition coefficient (Wildman–Crippen LogP) is 2.93. The number of amides is 3. The van der Waals surface area contributed by atoms with Crippen molar-refractivity contribution in [3.8, 4) is 11.5 Å². The molecule has 2 N–H and O–H groups in total. The van der Waals surface area contributed by atoms with Gasteiger partial charge in [-0.1, -0.05) is 36.4 Å². The Morgan fingerprint density at radius 3 is 2.26 bits per heavy atom. The molecule has 2 heterocycles. The van der Waals surface area contributed by atoms with Gasteiger partial charge in [0.25, 0.3) is 17.7 Å². The molecule has 2 aliphatic heterocycles. The van der Waals surface area contributed by atoms with Crippen molar-refractivity contribution in [1.29, 1.82) is 0 Å². The number of ether oxygens (including phenoxy) is 1. The van der Waals surface area contributed by atoms with Gasteiger partial charge < -0.3 is 25.0 Å². The molecule has 2 aliphatic rings. The highest BCUT2D eigenvalue weighted by Crippen LogP contribution is 2.29. The predicted molar refractivity (Wildman–Crippen MR) is 130 cm³/mol. The zero-order chi connectivity index (χ0) is 24.4. The van der Waals surface area contributed by atoms with Gasteiger partial charge >= 0.3 is 0 Å². The smallest absolute Gasteiger partial charge is 0.265 e. The number of aromatic hydroxyl groups is 1. The quantitative estimate of drug-likeness (QED) is 0.610. The van der Waals surface area contributed by atoms with Gasteiger partial charge in [-0.15, -0.1) is 0 Å². The van der Waals surface area contributed by atoms with Crippen molar-refractivity contribution in [1.82, 2.24) is 9.80 Å². The van der Waals surface area contributed by atoms with Gasteiger partial charge in [0.2, 0.25) is 0 Å². The molecule has 3 aromatic carbocycles. The molecule has 1 unspecified atom stereocenters. The number of benzene rings is 3. The Labute approximate surface area is 202 Å². The average Bonchev–Trinajstić information content (AvgIpc) is 3.33. The zero-order valence-electron chi connectivity index (χ0n) is 19.0. The maximum atomic E-state index is 13.1. The molecular formula is C27H25N3O5. The minimum atomic E-state index is -0.610. The molecule has 1 atom stereocenters. The Morgan fingerprint density at radius 1 is 0.829 bits per heavy atom. The van der Waals surface area contributed by atoms with Crippen molar-refractivity contribution in [2.75, 3.05) is 31.5 Å². The van der Waals surface area contributed by atoms with Crippen molar-refractivity contribution in [2.45, 2.75) is 12.5 Å². The summed E-state index contributed by atoms with van der Waals surface area (Å²) >= 11 is 0. The van der Waals surface area contributed by atoms with E-state index in [0.29, 0.717) is 43.9 Å². The molecule has 0 spiro atoms. The number of para-hydroxylation sites is 2. The first-order chi connectivity index (χ1) is 17.0. The minimum absolute atomic E-state index is 0.0539. The van der Waals surface area contributed by atoms with Crippen LogP contribution in [0.5, 0.6) is 11.5 Å². The number of piperazine rings is 1. The first kappa shape index (κ1) is 22.5. The standard InChI is InChI=1S/C27H25N3O5/c31-22-10-3-2-9-21(22)27(34)30-14-12-29(13-15-30)26(33)19-7-5-8-20(16-19)28-25(32)24-17-18-6-1-4-11-23(18)35-24/h1-11,16,24,31H,12-15,17H2,(H,28,32). The topological polar surface area (TPSA) is 99.2 Å².